The van der Waals surface area contributed by atoms with Crippen molar-refractivity contribution < 1.29 is 32.3 Å². The zero-order valence-corrected chi connectivity index (χ0v) is 18.9. The number of fused-ring (bicyclic) bond motifs is 1. The van der Waals surface area contributed by atoms with Gasteiger partial charge in [-0.2, -0.15) is 4.31 Å². The number of benzene rings is 2. The smallest absolute Gasteiger partial charge is 0.338 e. The summed E-state index contributed by atoms with van der Waals surface area (Å²) >= 11 is 0. The van der Waals surface area contributed by atoms with Gasteiger partial charge < -0.3 is 14.2 Å². The molecule has 0 spiro atoms. The summed E-state index contributed by atoms with van der Waals surface area (Å²) in [5.41, 5.74) is 1.29. The van der Waals surface area contributed by atoms with Gasteiger partial charge in [-0.3, -0.25) is 10.1 Å². The minimum absolute atomic E-state index is 0.0125. The number of nitro groups is 1. The van der Waals surface area contributed by atoms with E-state index >= 15 is 0 Å². The van der Waals surface area contributed by atoms with Gasteiger partial charge in [0, 0.05) is 36.3 Å². The Balaban J connectivity index is 1.56. The molecule has 0 saturated carbocycles. The number of hydrogen-bond donors (Lipinski definition) is 0. The Hall–Kier alpha value is -3.02. The predicted octanol–water partition coefficient (Wildman–Crippen LogP) is 3.30. The molecule has 1 fully saturated rings. The van der Waals surface area contributed by atoms with E-state index in [1.54, 1.807) is 13.0 Å². The van der Waals surface area contributed by atoms with Crippen molar-refractivity contribution in [3.8, 4) is 5.75 Å². The molecule has 10 nitrogen and oxygen atoms in total. The number of carbonyl (C=O) groups excluding carboxylic acids is 1. The number of aryl methyl sites for hydroxylation is 1. The molecule has 2 aliphatic rings. The quantitative estimate of drug-likeness (QED) is 0.353. The molecule has 2 aromatic carbocycles. The summed E-state index contributed by atoms with van der Waals surface area (Å²) in [5, 5.41) is 11.2. The van der Waals surface area contributed by atoms with E-state index in [0.717, 1.165) is 19.3 Å². The van der Waals surface area contributed by atoms with Gasteiger partial charge in [0.15, 0.2) is 6.79 Å². The molecule has 1 saturated heterocycles. The number of esters is 1. The highest BCUT2D eigenvalue weighted by atomic mass is 32.2. The van der Waals surface area contributed by atoms with E-state index in [9.17, 15) is 23.3 Å². The summed E-state index contributed by atoms with van der Waals surface area (Å²) in [5.74, 6) is -0.352. The Morgan fingerprint density at radius 3 is 2.67 bits per heavy atom. The van der Waals surface area contributed by atoms with Crippen LogP contribution in [0.3, 0.4) is 0 Å². The van der Waals surface area contributed by atoms with Crippen molar-refractivity contribution in [2.75, 3.05) is 19.9 Å². The van der Waals surface area contributed by atoms with Crippen molar-refractivity contribution >= 4 is 21.7 Å². The first-order chi connectivity index (χ1) is 15.8. The molecule has 0 N–H and O–H groups in total. The van der Waals surface area contributed by atoms with Crippen LogP contribution >= 0.6 is 0 Å². The number of carbonyl (C=O) groups is 1. The largest absolute Gasteiger partial charge is 0.467 e. The van der Waals surface area contributed by atoms with Crippen molar-refractivity contribution in [2.45, 2.75) is 44.3 Å². The number of ether oxygens (including phenoxy) is 3. The van der Waals surface area contributed by atoms with E-state index in [0.29, 0.717) is 35.5 Å². The third-order valence-electron chi connectivity index (χ3n) is 5.70. The fourth-order valence-corrected chi connectivity index (χ4v) is 5.74. The maximum atomic E-state index is 13.1. The first-order valence-electron chi connectivity index (χ1n) is 10.6. The summed E-state index contributed by atoms with van der Waals surface area (Å²) in [6.45, 7) is 2.46. The third kappa shape index (κ3) is 4.85. The molecule has 176 valence electrons. The van der Waals surface area contributed by atoms with Crippen molar-refractivity contribution in [1.29, 1.82) is 0 Å². The van der Waals surface area contributed by atoms with Gasteiger partial charge in [0.05, 0.1) is 22.0 Å². The Labute approximate surface area is 191 Å². The van der Waals surface area contributed by atoms with Crippen LogP contribution in [0.25, 0.3) is 0 Å². The second-order valence-corrected chi connectivity index (χ2v) is 9.89. The normalized spacial score (nSPS) is 16.5. The van der Waals surface area contributed by atoms with Gasteiger partial charge in [0.2, 0.25) is 10.0 Å². The number of rotatable bonds is 6. The number of nitrogens with zero attached hydrogens (tertiary/aromatic N) is 2. The summed E-state index contributed by atoms with van der Waals surface area (Å²) in [4.78, 5) is 23.5. The molecule has 0 aliphatic carbocycles. The van der Waals surface area contributed by atoms with E-state index in [-0.39, 0.29) is 36.2 Å². The fraction of sp³-hybridized carbons (Fsp3) is 0.409. The van der Waals surface area contributed by atoms with Crippen LogP contribution in [0.1, 0.15) is 46.3 Å². The standard InChI is InChI=1S/C22H24N2O8S/c1-15-5-6-16(11-20(15)33(28,29)23-7-3-2-4-8-23)22(25)31-13-18-10-19(24(26)27)9-17-12-30-14-32-21(17)18/h5-6,9-11H,2-4,7-8,12-14H2,1H3. The van der Waals surface area contributed by atoms with Gasteiger partial charge in [-0.05, 0) is 37.5 Å². The maximum absolute atomic E-state index is 13.1. The molecule has 0 aromatic heterocycles. The summed E-state index contributed by atoms with van der Waals surface area (Å²) < 4.78 is 43.7. The van der Waals surface area contributed by atoms with Gasteiger partial charge in [-0.25, -0.2) is 13.2 Å². The number of nitro benzene ring substituents is 1. The van der Waals surface area contributed by atoms with E-state index in [2.05, 4.69) is 0 Å². The number of piperidine rings is 1. The van der Waals surface area contributed by atoms with Gasteiger partial charge in [-0.1, -0.05) is 12.5 Å². The molecular formula is C22H24N2O8S. The Kier molecular flexibility index (Phi) is 6.63. The van der Waals surface area contributed by atoms with Gasteiger partial charge in [0.1, 0.15) is 12.4 Å². The van der Waals surface area contributed by atoms with Gasteiger partial charge in [-0.15, -0.1) is 0 Å². The molecule has 11 heteroatoms. The zero-order valence-electron chi connectivity index (χ0n) is 18.1. The van der Waals surface area contributed by atoms with Crippen LogP contribution < -0.4 is 4.74 Å². The molecule has 2 aromatic rings. The van der Waals surface area contributed by atoms with Crippen LogP contribution in [0.15, 0.2) is 35.2 Å². The SMILES string of the molecule is Cc1ccc(C(=O)OCc2cc([N+](=O)[O-])cc3c2OCOC3)cc1S(=O)(=O)N1CCCCC1. The summed E-state index contributed by atoms with van der Waals surface area (Å²) in [6, 6.07) is 7.05. The predicted molar refractivity (Wildman–Crippen MR) is 116 cm³/mol. The van der Waals surface area contributed by atoms with E-state index in [1.807, 2.05) is 0 Å². The summed E-state index contributed by atoms with van der Waals surface area (Å²) in [7, 11) is -3.73. The first-order valence-corrected chi connectivity index (χ1v) is 12.0. The lowest BCUT2D eigenvalue weighted by Gasteiger charge is -2.26. The Morgan fingerprint density at radius 1 is 1.18 bits per heavy atom. The van der Waals surface area contributed by atoms with Crippen molar-refractivity contribution in [2.24, 2.45) is 0 Å². The minimum Gasteiger partial charge on any atom is -0.467 e. The monoisotopic (exact) mass is 476 g/mol. The molecular weight excluding hydrogens is 452 g/mol. The highest BCUT2D eigenvalue weighted by Crippen LogP contribution is 2.33. The minimum atomic E-state index is -3.73. The van der Waals surface area contributed by atoms with Crippen LogP contribution in [0.4, 0.5) is 5.69 Å². The van der Waals surface area contributed by atoms with Crippen LogP contribution in [0.5, 0.6) is 5.75 Å². The first kappa shape index (κ1) is 23.1. The van der Waals surface area contributed by atoms with E-state index in [1.165, 1.54) is 28.6 Å². The lowest BCUT2D eigenvalue weighted by atomic mass is 10.1. The van der Waals surface area contributed by atoms with Crippen LogP contribution in [-0.2, 0) is 32.7 Å². The number of sulfonamides is 1. The zero-order chi connectivity index (χ0) is 23.6. The molecule has 0 radical (unpaired) electrons. The maximum Gasteiger partial charge on any atom is 0.338 e. The average molecular weight is 477 g/mol. The Morgan fingerprint density at radius 2 is 1.94 bits per heavy atom. The molecule has 0 bridgehead atoms. The highest BCUT2D eigenvalue weighted by Gasteiger charge is 2.28. The number of non-ortho nitro benzene ring substituents is 1. The topological polar surface area (TPSA) is 125 Å². The number of hydrogen-bond acceptors (Lipinski definition) is 8. The fourth-order valence-electron chi connectivity index (χ4n) is 3.97. The second-order valence-electron chi connectivity index (χ2n) is 7.98. The highest BCUT2D eigenvalue weighted by molar-refractivity contribution is 7.89. The van der Waals surface area contributed by atoms with Crippen molar-refractivity contribution in [3.05, 3.63) is 62.7 Å². The molecule has 0 amide bonds. The molecule has 33 heavy (non-hydrogen) atoms. The van der Waals surface area contributed by atoms with Crippen molar-refractivity contribution in [3.63, 3.8) is 0 Å². The lowest BCUT2D eigenvalue weighted by Crippen LogP contribution is -2.36. The van der Waals surface area contributed by atoms with Crippen LogP contribution in [0, 0.1) is 17.0 Å². The summed E-state index contributed by atoms with van der Waals surface area (Å²) in [6.07, 6.45) is 2.61. The van der Waals surface area contributed by atoms with Crippen LogP contribution in [0.2, 0.25) is 0 Å². The van der Waals surface area contributed by atoms with E-state index in [4.69, 9.17) is 14.2 Å². The molecule has 0 unspecified atom stereocenters. The molecule has 4 rings (SSSR count). The van der Waals surface area contributed by atoms with Gasteiger partial charge in [0.25, 0.3) is 5.69 Å². The molecule has 2 heterocycles. The van der Waals surface area contributed by atoms with Crippen LogP contribution in [-0.4, -0.2) is 43.5 Å². The second kappa shape index (κ2) is 9.46. The Bertz CT molecular complexity index is 1190. The van der Waals surface area contributed by atoms with Crippen molar-refractivity contribution in [1.82, 2.24) is 4.31 Å². The lowest BCUT2D eigenvalue weighted by molar-refractivity contribution is -0.385. The van der Waals surface area contributed by atoms with Gasteiger partial charge >= 0.3 is 5.97 Å². The van der Waals surface area contributed by atoms with E-state index < -0.39 is 20.9 Å². The third-order valence-corrected chi connectivity index (χ3v) is 7.74. The molecule has 0 atom stereocenters. The average Bonchev–Trinajstić information content (AvgIpc) is 2.82. The molecule has 2 aliphatic heterocycles.